The number of amides is 1. The van der Waals surface area contributed by atoms with Crippen LogP contribution in [0.3, 0.4) is 0 Å². The first-order valence-electron chi connectivity index (χ1n) is 5.49. The first-order valence-corrected chi connectivity index (χ1v) is 5.49. The molecule has 0 atom stereocenters. The molecule has 0 aliphatic heterocycles. The number of phenols is 2. The zero-order valence-electron chi connectivity index (χ0n) is 9.96. The molecule has 1 rings (SSSR count). The Morgan fingerprint density at radius 2 is 1.94 bits per heavy atom. The highest BCUT2D eigenvalue weighted by Crippen LogP contribution is 2.29. The SMILES string of the molecule is CCN(CCC(=O)O)C(=O)c1cccc(O)c1O. The maximum atomic E-state index is 12.0. The van der Waals surface area contributed by atoms with Gasteiger partial charge in [-0.1, -0.05) is 6.07 Å². The topological polar surface area (TPSA) is 98.1 Å². The van der Waals surface area contributed by atoms with Gasteiger partial charge in [0.05, 0.1) is 12.0 Å². The van der Waals surface area contributed by atoms with Crippen LogP contribution in [0.25, 0.3) is 0 Å². The summed E-state index contributed by atoms with van der Waals surface area (Å²) in [5, 5.41) is 27.5. The van der Waals surface area contributed by atoms with Gasteiger partial charge in [-0.25, -0.2) is 0 Å². The maximum absolute atomic E-state index is 12.0. The Morgan fingerprint density at radius 1 is 1.28 bits per heavy atom. The Kier molecular flexibility index (Phi) is 4.53. The van der Waals surface area contributed by atoms with Crippen molar-refractivity contribution < 1.29 is 24.9 Å². The third-order valence-electron chi connectivity index (χ3n) is 2.51. The van der Waals surface area contributed by atoms with Crippen molar-refractivity contribution in [2.24, 2.45) is 0 Å². The molecule has 6 nitrogen and oxygen atoms in total. The minimum Gasteiger partial charge on any atom is -0.504 e. The van der Waals surface area contributed by atoms with Gasteiger partial charge in [-0.3, -0.25) is 9.59 Å². The van der Waals surface area contributed by atoms with Gasteiger partial charge in [0.25, 0.3) is 5.91 Å². The lowest BCUT2D eigenvalue weighted by Gasteiger charge is -2.20. The number of carboxylic acid groups (broad SMARTS) is 1. The largest absolute Gasteiger partial charge is 0.504 e. The average Bonchev–Trinajstić information content (AvgIpc) is 2.32. The number of aromatic hydroxyl groups is 2. The molecule has 1 amide bonds. The summed E-state index contributed by atoms with van der Waals surface area (Å²) in [5.74, 6) is -2.38. The lowest BCUT2D eigenvalue weighted by molar-refractivity contribution is -0.137. The highest BCUT2D eigenvalue weighted by molar-refractivity contribution is 5.97. The van der Waals surface area contributed by atoms with Gasteiger partial charge in [-0.05, 0) is 19.1 Å². The quantitative estimate of drug-likeness (QED) is 0.681. The van der Waals surface area contributed by atoms with E-state index in [1.165, 1.54) is 23.1 Å². The van der Waals surface area contributed by atoms with E-state index in [1.807, 2.05) is 0 Å². The number of phenolic OH excluding ortho intramolecular Hbond substituents is 2. The van der Waals surface area contributed by atoms with Crippen LogP contribution in [-0.4, -0.2) is 45.2 Å². The molecule has 98 valence electrons. The van der Waals surface area contributed by atoms with E-state index in [0.29, 0.717) is 6.54 Å². The van der Waals surface area contributed by atoms with E-state index in [0.717, 1.165) is 0 Å². The number of carbonyl (C=O) groups is 2. The Morgan fingerprint density at radius 3 is 2.50 bits per heavy atom. The monoisotopic (exact) mass is 253 g/mol. The van der Waals surface area contributed by atoms with Crippen molar-refractivity contribution in [3.8, 4) is 11.5 Å². The van der Waals surface area contributed by atoms with Crippen LogP contribution >= 0.6 is 0 Å². The van der Waals surface area contributed by atoms with Crippen molar-refractivity contribution in [3.63, 3.8) is 0 Å². The lowest BCUT2D eigenvalue weighted by atomic mass is 10.1. The minimum absolute atomic E-state index is 0.0396. The number of aliphatic carboxylic acids is 1. The molecule has 3 N–H and O–H groups in total. The normalized spacial score (nSPS) is 10.1. The van der Waals surface area contributed by atoms with Gasteiger partial charge in [-0.2, -0.15) is 0 Å². The highest BCUT2D eigenvalue weighted by Gasteiger charge is 2.19. The van der Waals surface area contributed by atoms with E-state index in [-0.39, 0.29) is 24.3 Å². The molecule has 0 saturated heterocycles. The second-order valence-corrected chi connectivity index (χ2v) is 3.70. The molecule has 6 heteroatoms. The average molecular weight is 253 g/mol. The number of benzene rings is 1. The zero-order valence-corrected chi connectivity index (χ0v) is 9.96. The fourth-order valence-electron chi connectivity index (χ4n) is 1.51. The van der Waals surface area contributed by atoms with Gasteiger partial charge >= 0.3 is 5.97 Å². The molecule has 0 spiro atoms. The summed E-state index contributed by atoms with van der Waals surface area (Å²) in [6.07, 6.45) is -0.168. The third kappa shape index (κ3) is 3.13. The maximum Gasteiger partial charge on any atom is 0.305 e. The van der Waals surface area contributed by atoms with Crippen molar-refractivity contribution >= 4 is 11.9 Å². The fraction of sp³-hybridized carbons (Fsp3) is 0.333. The Labute approximate surface area is 104 Å². The van der Waals surface area contributed by atoms with E-state index in [1.54, 1.807) is 6.92 Å². The van der Waals surface area contributed by atoms with E-state index in [9.17, 15) is 19.8 Å². The number of para-hydroxylation sites is 1. The number of hydrogen-bond donors (Lipinski definition) is 3. The highest BCUT2D eigenvalue weighted by atomic mass is 16.4. The molecule has 0 heterocycles. The van der Waals surface area contributed by atoms with Crippen LogP contribution in [0.5, 0.6) is 11.5 Å². The fourth-order valence-corrected chi connectivity index (χ4v) is 1.51. The van der Waals surface area contributed by atoms with Crippen molar-refractivity contribution in [3.05, 3.63) is 23.8 Å². The lowest BCUT2D eigenvalue weighted by Crippen LogP contribution is -2.32. The van der Waals surface area contributed by atoms with Gasteiger partial charge in [0.15, 0.2) is 11.5 Å². The molecule has 0 radical (unpaired) electrons. The smallest absolute Gasteiger partial charge is 0.305 e. The van der Waals surface area contributed by atoms with Crippen LogP contribution in [0.1, 0.15) is 23.7 Å². The Bertz CT molecular complexity index is 458. The Balaban J connectivity index is 2.89. The summed E-state index contributed by atoms with van der Waals surface area (Å²) in [5.41, 5.74) is -0.0396. The third-order valence-corrected chi connectivity index (χ3v) is 2.51. The molecule has 1 aromatic rings. The van der Waals surface area contributed by atoms with Crippen LogP contribution in [0, 0.1) is 0 Å². The molecule has 0 fully saturated rings. The number of nitrogens with zero attached hydrogens (tertiary/aromatic N) is 1. The van der Waals surface area contributed by atoms with E-state index >= 15 is 0 Å². The summed E-state index contributed by atoms with van der Waals surface area (Å²) in [6, 6.07) is 4.08. The van der Waals surface area contributed by atoms with E-state index in [4.69, 9.17) is 5.11 Å². The predicted molar refractivity (Wildman–Crippen MR) is 63.6 cm³/mol. The summed E-state index contributed by atoms with van der Waals surface area (Å²) < 4.78 is 0. The van der Waals surface area contributed by atoms with Crippen molar-refractivity contribution in [1.82, 2.24) is 4.90 Å². The van der Waals surface area contributed by atoms with Crippen LogP contribution in [0.2, 0.25) is 0 Å². The standard InChI is InChI=1S/C12H15NO5/c1-2-13(7-6-10(15)16)12(18)8-4-3-5-9(14)11(8)17/h3-5,14,17H,2,6-7H2,1H3,(H,15,16). The van der Waals surface area contributed by atoms with Crippen LogP contribution in [-0.2, 0) is 4.79 Å². The number of rotatable bonds is 5. The zero-order chi connectivity index (χ0) is 13.7. The first-order chi connectivity index (χ1) is 8.47. The molecule has 0 aromatic heterocycles. The molecule has 0 aliphatic carbocycles. The van der Waals surface area contributed by atoms with Crippen molar-refractivity contribution in [2.45, 2.75) is 13.3 Å². The molecular formula is C12H15NO5. The van der Waals surface area contributed by atoms with Gasteiger partial charge in [0.1, 0.15) is 0 Å². The number of carboxylic acids is 1. The number of carbonyl (C=O) groups excluding carboxylic acids is 1. The van der Waals surface area contributed by atoms with Gasteiger partial charge < -0.3 is 20.2 Å². The van der Waals surface area contributed by atoms with E-state index in [2.05, 4.69) is 0 Å². The first kappa shape index (κ1) is 13.8. The second-order valence-electron chi connectivity index (χ2n) is 3.70. The molecule has 18 heavy (non-hydrogen) atoms. The Hall–Kier alpha value is -2.24. The summed E-state index contributed by atoms with van der Waals surface area (Å²) >= 11 is 0. The van der Waals surface area contributed by atoms with Crippen LogP contribution in [0.15, 0.2) is 18.2 Å². The van der Waals surface area contributed by atoms with Gasteiger partial charge in [0, 0.05) is 13.1 Å². The second kappa shape index (κ2) is 5.90. The number of hydrogen-bond acceptors (Lipinski definition) is 4. The minimum atomic E-state index is -0.999. The summed E-state index contributed by atoms with van der Waals surface area (Å²) in [6.45, 7) is 2.08. The van der Waals surface area contributed by atoms with Gasteiger partial charge in [-0.15, -0.1) is 0 Å². The molecular weight excluding hydrogens is 238 g/mol. The van der Waals surface area contributed by atoms with Crippen LogP contribution < -0.4 is 0 Å². The summed E-state index contributed by atoms with van der Waals surface area (Å²) in [4.78, 5) is 23.8. The molecule has 0 unspecified atom stereocenters. The molecule has 0 aliphatic rings. The van der Waals surface area contributed by atoms with E-state index < -0.39 is 17.6 Å². The molecule has 0 saturated carbocycles. The van der Waals surface area contributed by atoms with Crippen LogP contribution in [0.4, 0.5) is 0 Å². The molecule has 0 bridgehead atoms. The summed E-state index contributed by atoms with van der Waals surface area (Å²) in [7, 11) is 0. The van der Waals surface area contributed by atoms with Crippen molar-refractivity contribution in [1.29, 1.82) is 0 Å². The molecule has 1 aromatic carbocycles. The predicted octanol–water partition coefficient (Wildman–Crippen LogP) is 1.03. The van der Waals surface area contributed by atoms with Crippen molar-refractivity contribution in [2.75, 3.05) is 13.1 Å². The van der Waals surface area contributed by atoms with Gasteiger partial charge in [0.2, 0.25) is 0 Å².